The molecular formula is C18H31N5O8. The number of carbonyl (C=O) groups is 5. The van der Waals surface area contributed by atoms with Gasteiger partial charge in [-0.1, -0.05) is 0 Å². The van der Waals surface area contributed by atoms with E-state index in [0.717, 1.165) is 0 Å². The standard InChI is InChI=1S/C18H31N5O8/c19-6-2-1-4-11(21-15(27)10(20)8-14(25)26)17(29)23-7-3-5-13(23)16(28)22-12(9-24)18(30)31/h10-13,24H,1-9,19-20H2,(H,21,27)(H,22,28)(H,25,26)(H,30,31). The Bertz CT molecular complexity index is 673. The largest absolute Gasteiger partial charge is 0.481 e. The summed E-state index contributed by atoms with van der Waals surface area (Å²) >= 11 is 0. The molecule has 0 aromatic heterocycles. The van der Waals surface area contributed by atoms with E-state index in [0.29, 0.717) is 25.8 Å². The molecule has 1 aliphatic heterocycles. The number of likely N-dealkylation sites (tertiary alicyclic amines) is 1. The Kier molecular flexibility index (Phi) is 10.9. The molecule has 0 aromatic rings. The smallest absolute Gasteiger partial charge is 0.328 e. The highest BCUT2D eigenvalue weighted by Crippen LogP contribution is 2.20. The van der Waals surface area contributed by atoms with E-state index in [4.69, 9.17) is 26.8 Å². The van der Waals surface area contributed by atoms with Crippen LogP contribution in [0.15, 0.2) is 0 Å². The first kappa shape index (κ1) is 26.3. The number of nitrogens with zero attached hydrogens (tertiary/aromatic N) is 1. The second-order valence-electron chi connectivity index (χ2n) is 7.32. The Morgan fingerprint density at radius 2 is 1.74 bits per heavy atom. The molecule has 4 atom stereocenters. The van der Waals surface area contributed by atoms with Crippen LogP contribution in [0.5, 0.6) is 0 Å². The second-order valence-corrected chi connectivity index (χ2v) is 7.32. The van der Waals surface area contributed by atoms with Crippen LogP contribution in [-0.2, 0) is 24.0 Å². The van der Waals surface area contributed by atoms with Crippen LogP contribution in [0.2, 0.25) is 0 Å². The number of nitrogens with one attached hydrogen (secondary N) is 2. The van der Waals surface area contributed by atoms with Crippen molar-refractivity contribution in [3.63, 3.8) is 0 Å². The zero-order chi connectivity index (χ0) is 23.6. The number of aliphatic hydroxyl groups excluding tert-OH is 1. The molecule has 1 fully saturated rings. The SMILES string of the molecule is NCCCCC(NC(=O)C(N)CC(=O)O)C(=O)N1CCCC1C(=O)NC(CO)C(=O)O. The Labute approximate surface area is 179 Å². The Balaban J connectivity index is 2.92. The van der Waals surface area contributed by atoms with E-state index in [1.807, 2.05) is 0 Å². The number of hydrogen-bond acceptors (Lipinski definition) is 8. The van der Waals surface area contributed by atoms with Crippen LogP contribution in [0.3, 0.4) is 0 Å². The highest BCUT2D eigenvalue weighted by molar-refractivity contribution is 5.95. The van der Waals surface area contributed by atoms with Gasteiger partial charge in [0.25, 0.3) is 0 Å². The lowest BCUT2D eigenvalue weighted by Gasteiger charge is -2.29. The highest BCUT2D eigenvalue weighted by atomic mass is 16.4. The van der Waals surface area contributed by atoms with Crippen molar-refractivity contribution in [2.75, 3.05) is 19.7 Å². The molecule has 9 N–H and O–H groups in total. The monoisotopic (exact) mass is 445 g/mol. The third-order valence-corrected chi connectivity index (χ3v) is 4.93. The van der Waals surface area contributed by atoms with Crippen molar-refractivity contribution in [3.05, 3.63) is 0 Å². The fourth-order valence-electron chi connectivity index (χ4n) is 3.27. The predicted octanol–water partition coefficient (Wildman–Crippen LogP) is -3.05. The molecule has 0 spiro atoms. The van der Waals surface area contributed by atoms with Crippen LogP contribution in [0.25, 0.3) is 0 Å². The third-order valence-electron chi connectivity index (χ3n) is 4.93. The first-order valence-corrected chi connectivity index (χ1v) is 10.0. The lowest BCUT2D eigenvalue weighted by atomic mass is 10.1. The van der Waals surface area contributed by atoms with E-state index in [9.17, 15) is 24.0 Å². The number of aliphatic hydroxyl groups is 1. The zero-order valence-electron chi connectivity index (χ0n) is 17.2. The Morgan fingerprint density at radius 1 is 1.06 bits per heavy atom. The van der Waals surface area contributed by atoms with Crippen molar-refractivity contribution in [1.82, 2.24) is 15.5 Å². The summed E-state index contributed by atoms with van der Waals surface area (Å²) in [6.07, 6.45) is 1.46. The minimum Gasteiger partial charge on any atom is -0.481 e. The summed E-state index contributed by atoms with van der Waals surface area (Å²) in [6.45, 7) is -0.209. The third kappa shape index (κ3) is 8.11. The molecule has 1 saturated heterocycles. The van der Waals surface area contributed by atoms with Gasteiger partial charge in [-0.05, 0) is 38.6 Å². The summed E-state index contributed by atoms with van der Waals surface area (Å²) in [6, 6.07) is -4.84. The lowest BCUT2D eigenvalue weighted by Crippen LogP contribution is -2.57. The summed E-state index contributed by atoms with van der Waals surface area (Å²) in [5.41, 5.74) is 11.0. The first-order valence-electron chi connectivity index (χ1n) is 10.0. The number of nitrogens with two attached hydrogens (primary N) is 2. The van der Waals surface area contributed by atoms with Gasteiger partial charge in [0.2, 0.25) is 17.7 Å². The average molecular weight is 445 g/mol. The van der Waals surface area contributed by atoms with Crippen molar-refractivity contribution in [2.45, 2.75) is 62.7 Å². The first-order chi connectivity index (χ1) is 14.6. The van der Waals surface area contributed by atoms with Gasteiger partial charge >= 0.3 is 11.9 Å². The molecule has 31 heavy (non-hydrogen) atoms. The van der Waals surface area contributed by atoms with Crippen LogP contribution in [0.1, 0.15) is 38.5 Å². The molecule has 0 aromatic carbocycles. The topological polar surface area (TPSA) is 225 Å². The quantitative estimate of drug-likeness (QED) is 0.142. The molecule has 1 aliphatic rings. The molecule has 0 bridgehead atoms. The number of amides is 3. The Hall–Kier alpha value is -2.77. The molecule has 1 rings (SSSR count). The van der Waals surface area contributed by atoms with Crippen molar-refractivity contribution in [1.29, 1.82) is 0 Å². The van der Waals surface area contributed by atoms with Gasteiger partial charge in [-0.3, -0.25) is 19.2 Å². The normalized spacial score (nSPS) is 18.7. The minimum absolute atomic E-state index is 0.209. The number of unbranched alkanes of at least 4 members (excludes halogenated alkanes) is 1. The fourth-order valence-corrected chi connectivity index (χ4v) is 3.27. The number of carbonyl (C=O) groups excluding carboxylic acids is 3. The van der Waals surface area contributed by atoms with Crippen molar-refractivity contribution in [2.24, 2.45) is 11.5 Å². The van der Waals surface area contributed by atoms with Gasteiger partial charge in [-0.25, -0.2) is 4.79 Å². The van der Waals surface area contributed by atoms with Crippen LogP contribution >= 0.6 is 0 Å². The molecule has 0 radical (unpaired) electrons. The van der Waals surface area contributed by atoms with Crippen molar-refractivity contribution >= 4 is 29.7 Å². The summed E-state index contributed by atoms with van der Waals surface area (Å²) < 4.78 is 0. The van der Waals surface area contributed by atoms with Gasteiger partial charge < -0.3 is 42.3 Å². The van der Waals surface area contributed by atoms with Gasteiger partial charge in [-0.2, -0.15) is 0 Å². The maximum atomic E-state index is 13.1. The molecule has 0 aliphatic carbocycles. The summed E-state index contributed by atoms with van der Waals surface area (Å²) in [5.74, 6) is -4.75. The summed E-state index contributed by atoms with van der Waals surface area (Å²) in [4.78, 5) is 60.9. The minimum atomic E-state index is -1.50. The van der Waals surface area contributed by atoms with Crippen LogP contribution in [-0.4, -0.2) is 93.7 Å². The zero-order valence-corrected chi connectivity index (χ0v) is 17.2. The molecule has 176 valence electrons. The molecular weight excluding hydrogens is 414 g/mol. The number of rotatable bonds is 13. The van der Waals surface area contributed by atoms with E-state index in [-0.39, 0.29) is 19.4 Å². The van der Waals surface area contributed by atoms with Crippen molar-refractivity contribution < 1.29 is 39.3 Å². The van der Waals surface area contributed by atoms with Gasteiger partial charge in [0.1, 0.15) is 18.1 Å². The van der Waals surface area contributed by atoms with E-state index in [2.05, 4.69) is 10.6 Å². The molecule has 0 saturated carbocycles. The van der Waals surface area contributed by atoms with Crippen LogP contribution < -0.4 is 22.1 Å². The average Bonchev–Trinajstić information content (AvgIpc) is 3.19. The highest BCUT2D eigenvalue weighted by Gasteiger charge is 2.39. The van der Waals surface area contributed by atoms with Gasteiger partial charge in [0.05, 0.1) is 19.1 Å². The van der Waals surface area contributed by atoms with Crippen molar-refractivity contribution in [3.8, 4) is 0 Å². The van der Waals surface area contributed by atoms with E-state index >= 15 is 0 Å². The molecule has 13 heteroatoms. The van der Waals surface area contributed by atoms with E-state index in [1.54, 1.807) is 0 Å². The molecule has 1 heterocycles. The molecule has 3 amide bonds. The maximum Gasteiger partial charge on any atom is 0.328 e. The number of carboxylic acids is 2. The van der Waals surface area contributed by atoms with E-state index < -0.39 is 66.9 Å². The Morgan fingerprint density at radius 3 is 2.29 bits per heavy atom. The number of carboxylic acid groups (broad SMARTS) is 2. The van der Waals surface area contributed by atoms with Gasteiger partial charge in [0, 0.05) is 6.54 Å². The fraction of sp³-hybridized carbons (Fsp3) is 0.722. The van der Waals surface area contributed by atoms with E-state index in [1.165, 1.54) is 4.90 Å². The predicted molar refractivity (Wildman–Crippen MR) is 106 cm³/mol. The number of hydrogen-bond donors (Lipinski definition) is 7. The van der Waals surface area contributed by atoms with Gasteiger partial charge in [0.15, 0.2) is 0 Å². The van der Waals surface area contributed by atoms with Crippen LogP contribution in [0.4, 0.5) is 0 Å². The summed E-state index contributed by atoms with van der Waals surface area (Å²) in [7, 11) is 0. The van der Waals surface area contributed by atoms with Gasteiger partial charge in [-0.15, -0.1) is 0 Å². The molecule has 4 unspecified atom stereocenters. The van der Waals surface area contributed by atoms with Crippen LogP contribution in [0, 0.1) is 0 Å². The molecule has 13 nitrogen and oxygen atoms in total. The number of aliphatic carboxylic acids is 2. The summed E-state index contributed by atoms with van der Waals surface area (Å²) in [5, 5.41) is 31.5. The second kappa shape index (κ2) is 12.8. The lowest BCUT2D eigenvalue weighted by molar-refractivity contribution is -0.145. The maximum absolute atomic E-state index is 13.1.